The summed E-state index contributed by atoms with van der Waals surface area (Å²) in [5.41, 5.74) is 4.87. The fourth-order valence-corrected chi connectivity index (χ4v) is 6.05. The molecule has 0 radical (unpaired) electrons. The first-order chi connectivity index (χ1) is 16.0. The number of likely N-dealkylation sites (tertiary alicyclic amines) is 1. The van der Waals surface area contributed by atoms with Crippen LogP contribution < -0.4 is 10.2 Å². The highest BCUT2D eigenvalue weighted by Gasteiger charge is 2.47. The quantitative estimate of drug-likeness (QED) is 0.649. The predicted molar refractivity (Wildman–Crippen MR) is 133 cm³/mol. The molecule has 1 amide bonds. The van der Waals surface area contributed by atoms with Gasteiger partial charge in [-0.2, -0.15) is 0 Å². The summed E-state index contributed by atoms with van der Waals surface area (Å²) < 4.78 is 0. The maximum absolute atomic E-state index is 13.5. The van der Waals surface area contributed by atoms with Crippen LogP contribution in [-0.2, 0) is 5.54 Å². The zero-order valence-electron chi connectivity index (χ0n) is 19.6. The van der Waals surface area contributed by atoms with Gasteiger partial charge in [-0.15, -0.1) is 0 Å². The van der Waals surface area contributed by atoms with Crippen molar-refractivity contribution in [2.45, 2.75) is 44.2 Å². The molecule has 1 N–H and O–H groups in total. The minimum atomic E-state index is -0.284. The number of nitrogens with zero attached hydrogens (tertiary/aromatic N) is 3. The summed E-state index contributed by atoms with van der Waals surface area (Å²) >= 11 is 0. The van der Waals surface area contributed by atoms with Crippen molar-refractivity contribution >= 4 is 22.5 Å². The average Bonchev–Trinajstić information content (AvgIpc) is 3.46. The van der Waals surface area contributed by atoms with Gasteiger partial charge in [0.1, 0.15) is 0 Å². The van der Waals surface area contributed by atoms with Gasteiger partial charge in [0.05, 0.1) is 11.1 Å². The molecule has 33 heavy (non-hydrogen) atoms. The highest BCUT2D eigenvalue weighted by molar-refractivity contribution is 5.98. The zero-order chi connectivity index (χ0) is 22.6. The predicted octanol–water partition coefficient (Wildman–Crippen LogP) is 4.49. The Morgan fingerprint density at radius 1 is 1.12 bits per heavy atom. The van der Waals surface area contributed by atoms with Crippen molar-refractivity contribution in [2.75, 3.05) is 31.6 Å². The summed E-state index contributed by atoms with van der Waals surface area (Å²) in [5.74, 6) is 0.763. The molecule has 3 aliphatic rings. The number of nitrogens with one attached hydrogen (secondary N) is 1. The lowest BCUT2D eigenvalue weighted by atomic mass is 9.93. The number of fused-ring (bicyclic) bond motifs is 2. The number of carbonyl (C=O) groups excluding carboxylic acids is 1. The number of aryl methyl sites for hydroxylation is 1. The molecular formula is C28H32N4O. The van der Waals surface area contributed by atoms with E-state index in [2.05, 4.69) is 57.5 Å². The smallest absolute Gasteiger partial charge is 0.252 e. The van der Waals surface area contributed by atoms with Gasteiger partial charge in [-0.05, 0) is 87.5 Å². The first kappa shape index (κ1) is 20.7. The van der Waals surface area contributed by atoms with E-state index in [1.54, 1.807) is 0 Å². The fraction of sp³-hybridized carbons (Fsp3) is 0.429. The number of para-hydroxylation sites is 1. The molecular weight excluding hydrogens is 408 g/mol. The van der Waals surface area contributed by atoms with Crippen LogP contribution in [0.2, 0.25) is 0 Å². The molecule has 3 heterocycles. The number of hydrogen-bond donors (Lipinski definition) is 1. The Morgan fingerprint density at radius 2 is 1.97 bits per heavy atom. The van der Waals surface area contributed by atoms with Crippen molar-refractivity contribution in [3.63, 3.8) is 0 Å². The van der Waals surface area contributed by atoms with Crippen LogP contribution in [-0.4, -0.2) is 48.5 Å². The Labute approximate surface area is 195 Å². The highest BCUT2D eigenvalue weighted by Crippen LogP contribution is 2.48. The second kappa shape index (κ2) is 7.84. The molecule has 6 rings (SSSR count). The average molecular weight is 441 g/mol. The third kappa shape index (κ3) is 3.59. The molecule has 2 unspecified atom stereocenters. The van der Waals surface area contributed by atoms with Crippen LogP contribution >= 0.6 is 0 Å². The fourth-order valence-electron chi connectivity index (χ4n) is 6.05. The number of anilines is 1. The SMILES string of the molecule is Cc1ccc(N2CC3CCCN(C)C3C2)cc1C(=O)NC1(c2ccnc3ccccc23)CC1. The van der Waals surface area contributed by atoms with E-state index >= 15 is 0 Å². The van der Waals surface area contributed by atoms with Crippen LogP contribution in [0.25, 0.3) is 10.9 Å². The number of aromatic nitrogens is 1. The third-order valence-electron chi connectivity index (χ3n) is 8.16. The Kier molecular flexibility index (Phi) is 4.91. The van der Waals surface area contributed by atoms with Crippen LogP contribution in [0.4, 0.5) is 5.69 Å². The first-order valence-corrected chi connectivity index (χ1v) is 12.3. The number of benzene rings is 2. The minimum absolute atomic E-state index is 0.0291. The first-order valence-electron chi connectivity index (χ1n) is 12.3. The number of hydrogen-bond acceptors (Lipinski definition) is 4. The van der Waals surface area contributed by atoms with Gasteiger partial charge in [0.25, 0.3) is 5.91 Å². The van der Waals surface area contributed by atoms with Crippen molar-refractivity contribution in [1.82, 2.24) is 15.2 Å². The molecule has 2 aliphatic heterocycles. The molecule has 1 aromatic heterocycles. The summed E-state index contributed by atoms with van der Waals surface area (Å²) in [6.07, 6.45) is 6.40. The van der Waals surface area contributed by atoms with Crippen LogP contribution in [0.5, 0.6) is 0 Å². The Morgan fingerprint density at radius 3 is 2.79 bits per heavy atom. The number of rotatable bonds is 4. The number of carbonyl (C=O) groups is 1. The van der Waals surface area contributed by atoms with Crippen LogP contribution in [0, 0.1) is 12.8 Å². The standard InChI is InChI=1S/C28H32N4O/c1-19-9-10-21(32-17-20-6-5-15-31(2)26(20)18-32)16-23(19)27(33)30-28(12-13-28)24-11-14-29-25-8-4-3-7-22(24)25/h3-4,7-11,14,16,20,26H,5-6,12-13,15,17-18H2,1-2H3,(H,30,33). The highest BCUT2D eigenvalue weighted by atomic mass is 16.1. The molecule has 3 aromatic rings. The number of likely N-dealkylation sites (N-methyl/N-ethyl adjacent to an activating group) is 1. The molecule has 0 spiro atoms. The summed E-state index contributed by atoms with van der Waals surface area (Å²) in [6, 6.07) is 17.3. The van der Waals surface area contributed by atoms with E-state index in [4.69, 9.17) is 0 Å². The molecule has 170 valence electrons. The third-order valence-corrected chi connectivity index (χ3v) is 8.16. The topological polar surface area (TPSA) is 48.5 Å². The molecule has 1 aliphatic carbocycles. The lowest BCUT2D eigenvalue weighted by Crippen LogP contribution is -2.42. The van der Waals surface area contributed by atoms with Gasteiger partial charge in [-0.25, -0.2) is 0 Å². The molecule has 2 saturated heterocycles. The molecule has 2 atom stereocenters. The van der Waals surface area contributed by atoms with E-state index < -0.39 is 0 Å². The zero-order valence-corrected chi connectivity index (χ0v) is 19.6. The van der Waals surface area contributed by atoms with E-state index in [0.717, 1.165) is 53.9 Å². The summed E-state index contributed by atoms with van der Waals surface area (Å²) in [5, 5.41) is 4.55. The maximum Gasteiger partial charge on any atom is 0.252 e. The van der Waals surface area contributed by atoms with Crippen LogP contribution in [0.15, 0.2) is 54.7 Å². The molecule has 3 fully saturated rings. The molecule has 5 heteroatoms. The lowest BCUT2D eigenvalue weighted by Gasteiger charge is -2.33. The normalized spacial score (nSPS) is 24.0. The number of pyridine rings is 1. The molecule has 1 saturated carbocycles. The summed E-state index contributed by atoms with van der Waals surface area (Å²) in [7, 11) is 2.26. The second-order valence-corrected chi connectivity index (χ2v) is 10.3. The van der Waals surface area contributed by atoms with Crippen LogP contribution in [0.1, 0.15) is 47.2 Å². The van der Waals surface area contributed by atoms with Crippen molar-refractivity contribution in [1.29, 1.82) is 0 Å². The van der Waals surface area contributed by atoms with E-state index in [0.29, 0.717) is 6.04 Å². The number of amides is 1. The van der Waals surface area contributed by atoms with Crippen molar-refractivity contribution in [3.05, 3.63) is 71.4 Å². The largest absolute Gasteiger partial charge is 0.370 e. The summed E-state index contributed by atoms with van der Waals surface area (Å²) in [6.45, 7) is 5.38. The van der Waals surface area contributed by atoms with Crippen molar-refractivity contribution in [3.8, 4) is 0 Å². The van der Waals surface area contributed by atoms with Gasteiger partial charge in [0.15, 0.2) is 0 Å². The monoisotopic (exact) mass is 440 g/mol. The molecule has 0 bridgehead atoms. The van der Waals surface area contributed by atoms with Gasteiger partial charge in [-0.1, -0.05) is 24.3 Å². The van der Waals surface area contributed by atoms with Crippen molar-refractivity contribution in [2.24, 2.45) is 5.92 Å². The van der Waals surface area contributed by atoms with Gasteiger partial charge >= 0.3 is 0 Å². The van der Waals surface area contributed by atoms with E-state index in [-0.39, 0.29) is 11.4 Å². The molecule has 2 aromatic carbocycles. The Bertz CT molecular complexity index is 1210. The maximum atomic E-state index is 13.5. The second-order valence-electron chi connectivity index (χ2n) is 10.3. The van der Waals surface area contributed by atoms with Crippen molar-refractivity contribution < 1.29 is 4.79 Å². The number of piperidine rings is 1. The minimum Gasteiger partial charge on any atom is -0.370 e. The van der Waals surface area contributed by atoms with Gasteiger partial charge in [-0.3, -0.25) is 9.78 Å². The molecule has 5 nitrogen and oxygen atoms in total. The Balaban J connectivity index is 1.26. The Hall–Kier alpha value is -2.92. The van der Waals surface area contributed by atoms with Gasteiger partial charge in [0.2, 0.25) is 0 Å². The van der Waals surface area contributed by atoms with Crippen LogP contribution in [0.3, 0.4) is 0 Å². The lowest BCUT2D eigenvalue weighted by molar-refractivity contribution is 0.0930. The van der Waals surface area contributed by atoms with Gasteiger partial charge < -0.3 is 15.1 Å². The van der Waals surface area contributed by atoms with E-state index in [9.17, 15) is 4.79 Å². The summed E-state index contributed by atoms with van der Waals surface area (Å²) in [4.78, 5) is 23.1. The van der Waals surface area contributed by atoms with Gasteiger partial charge in [0, 0.05) is 42.0 Å². The van der Waals surface area contributed by atoms with E-state index in [1.165, 1.54) is 30.6 Å². The van der Waals surface area contributed by atoms with E-state index in [1.807, 2.05) is 31.3 Å².